The van der Waals surface area contributed by atoms with E-state index in [1.54, 1.807) is 6.07 Å². The van der Waals surface area contributed by atoms with Crippen LogP contribution in [-0.2, 0) is 9.72 Å². The lowest BCUT2D eigenvalue weighted by molar-refractivity contribution is 0.431. The van der Waals surface area contributed by atoms with Gasteiger partial charge in [-0.2, -0.15) is 0 Å². The van der Waals surface area contributed by atoms with Crippen LogP contribution in [0.3, 0.4) is 0 Å². The van der Waals surface area contributed by atoms with Crippen molar-refractivity contribution in [2.24, 2.45) is 0 Å². The first-order chi connectivity index (χ1) is 14.9. The highest BCUT2D eigenvalue weighted by atomic mass is 31.2. The lowest BCUT2D eigenvalue weighted by Gasteiger charge is -2.41. The molecule has 1 heterocycles. The summed E-state index contributed by atoms with van der Waals surface area (Å²) < 4.78 is 21.5. The summed E-state index contributed by atoms with van der Waals surface area (Å²) in [4.78, 5) is 0. The first-order valence-electron chi connectivity index (χ1n) is 10.0. The van der Waals surface area contributed by atoms with Gasteiger partial charge in [0.1, 0.15) is 22.4 Å². The van der Waals surface area contributed by atoms with Crippen LogP contribution in [0.25, 0.3) is 11.1 Å². The van der Waals surface area contributed by atoms with Gasteiger partial charge in [-0.15, -0.1) is 0 Å². The van der Waals surface area contributed by atoms with Crippen LogP contribution in [0.4, 0.5) is 0 Å². The molecule has 2 atom stereocenters. The van der Waals surface area contributed by atoms with Gasteiger partial charge in [0, 0.05) is 17.2 Å². The molecule has 0 saturated carbocycles. The van der Waals surface area contributed by atoms with Crippen molar-refractivity contribution >= 4 is 12.7 Å². The molecule has 4 nitrogen and oxygen atoms in total. The Morgan fingerprint density at radius 1 is 0.774 bits per heavy atom. The maximum Gasteiger partial charge on any atom is 0.292 e. The van der Waals surface area contributed by atoms with Gasteiger partial charge in [0.2, 0.25) is 0 Å². The van der Waals surface area contributed by atoms with Crippen LogP contribution in [-0.4, -0.2) is 10.2 Å². The van der Waals surface area contributed by atoms with Gasteiger partial charge in [-0.1, -0.05) is 72.8 Å². The number of aromatic hydroxyl groups is 2. The molecule has 4 aromatic carbocycles. The molecule has 0 spiro atoms. The van der Waals surface area contributed by atoms with Crippen LogP contribution in [0.2, 0.25) is 0 Å². The Morgan fingerprint density at radius 3 is 2.16 bits per heavy atom. The number of hydrogen-bond acceptors (Lipinski definition) is 4. The molecule has 0 bridgehead atoms. The number of rotatable bonds is 3. The zero-order valence-electron chi connectivity index (χ0n) is 16.9. The molecule has 5 heteroatoms. The molecule has 1 aliphatic heterocycles. The Labute approximate surface area is 180 Å². The van der Waals surface area contributed by atoms with Gasteiger partial charge in [-0.3, -0.25) is 4.57 Å². The Morgan fingerprint density at radius 2 is 1.42 bits per heavy atom. The van der Waals surface area contributed by atoms with E-state index < -0.39 is 12.5 Å². The van der Waals surface area contributed by atoms with Crippen molar-refractivity contribution < 1.29 is 19.3 Å². The van der Waals surface area contributed by atoms with E-state index in [2.05, 4.69) is 0 Å². The van der Waals surface area contributed by atoms with E-state index in [9.17, 15) is 10.2 Å². The summed E-state index contributed by atoms with van der Waals surface area (Å²) in [6, 6.07) is 28.9. The average Bonchev–Trinajstić information content (AvgIpc) is 2.79. The van der Waals surface area contributed by atoms with Crippen LogP contribution < -0.4 is 9.83 Å². The van der Waals surface area contributed by atoms with E-state index in [0.717, 1.165) is 16.7 Å². The van der Waals surface area contributed by atoms with Gasteiger partial charge in [-0.05, 0) is 36.2 Å². The molecule has 0 aromatic heterocycles. The molecule has 0 aliphatic carbocycles. The van der Waals surface area contributed by atoms with Crippen molar-refractivity contribution in [2.75, 3.05) is 0 Å². The Bertz CT molecular complexity index is 1330. The SMILES string of the molecule is CC(c1ccccc1)(c1ccc(O)cc1O)P1(=O)Oc2ccccc2-c2ccccc21. The van der Waals surface area contributed by atoms with Crippen molar-refractivity contribution in [3.8, 4) is 28.4 Å². The zero-order chi connectivity index (χ0) is 21.6. The minimum absolute atomic E-state index is 0.0646. The zero-order valence-corrected chi connectivity index (χ0v) is 17.8. The Kier molecular flexibility index (Phi) is 4.42. The molecule has 5 rings (SSSR count). The minimum atomic E-state index is -3.69. The Balaban J connectivity index is 1.87. The average molecular weight is 428 g/mol. The molecule has 2 N–H and O–H groups in total. The summed E-state index contributed by atoms with van der Waals surface area (Å²) in [6.45, 7) is 1.83. The fourth-order valence-corrected chi connectivity index (χ4v) is 7.41. The number of para-hydroxylation sites is 1. The van der Waals surface area contributed by atoms with Crippen LogP contribution >= 0.6 is 7.37 Å². The van der Waals surface area contributed by atoms with Crippen LogP contribution in [0.15, 0.2) is 97.1 Å². The summed E-state index contributed by atoms with van der Waals surface area (Å²) in [6.07, 6.45) is 0. The molecule has 0 fully saturated rings. The monoisotopic (exact) mass is 428 g/mol. The summed E-state index contributed by atoms with van der Waals surface area (Å²) in [5, 5.41) is 20.1. The second kappa shape index (κ2) is 7.04. The quantitative estimate of drug-likeness (QED) is 0.391. The first kappa shape index (κ1) is 19.5. The van der Waals surface area contributed by atoms with Crippen molar-refractivity contribution in [3.05, 3.63) is 108 Å². The highest BCUT2D eigenvalue weighted by Crippen LogP contribution is 2.69. The van der Waals surface area contributed by atoms with Crippen LogP contribution in [0, 0.1) is 0 Å². The van der Waals surface area contributed by atoms with Crippen LogP contribution in [0.5, 0.6) is 17.2 Å². The number of phenolic OH excluding ortho intramolecular Hbond substituents is 2. The van der Waals surface area contributed by atoms with E-state index >= 15 is 4.57 Å². The first-order valence-corrected chi connectivity index (χ1v) is 11.6. The maximum absolute atomic E-state index is 15.1. The van der Waals surface area contributed by atoms with Crippen molar-refractivity contribution in [3.63, 3.8) is 0 Å². The topological polar surface area (TPSA) is 66.8 Å². The largest absolute Gasteiger partial charge is 0.508 e. The highest BCUT2D eigenvalue weighted by molar-refractivity contribution is 7.69. The molecule has 0 amide bonds. The third-order valence-corrected chi connectivity index (χ3v) is 9.21. The third kappa shape index (κ3) is 2.79. The number of hydrogen-bond donors (Lipinski definition) is 2. The number of fused-ring (bicyclic) bond motifs is 3. The maximum atomic E-state index is 15.1. The highest BCUT2D eigenvalue weighted by Gasteiger charge is 2.54. The molecule has 1 aliphatic rings. The molecule has 0 saturated heterocycles. The number of phenols is 2. The fourth-order valence-electron chi connectivity index (χ4n) is 4.43. The smallest absolute Gasteiger partial charge is 0.292 e. The third-order valence-electron chi connectivity index (χ3n) is 6.06. The van der Waals surface area contributed by atoms with Crippen molar-refractivity contribution in [2.45, 2.75) is 12.1 Å². The predicted octanol–water partition coefficient (Wildman–Crippen LogP) is 6.02. The summed E-state index contributed by atoms with van der Waals surface area (Å²) in [5.74, 6) is 0.344. The van der Waals surface area contributed by atoms with Crippen molar-refractivity contribution in [1.82, 2.24) is 0 Å². The van der Waals surface area contributed by atoms with Gasteiger partial charge < -0.3 is 14.7 Å². The Hall–Kier alpha value is -3.49. The molecular formula is C26H21O4P. The summed E-state index contributed by atoms with van der Waals surface area (Å²) in [7, 11) is -3.69. The normalized spacial score (nSPS) is 18.9. The summed E-state index contributed by atoms with van der Waals surface area (Å²) >= 11 is 0. The minimum Gasteiger partial charge on any atom is -0.508 e. The van der Waals surface area contributed by atoms with Gasteiger partial charge in [0.15, 0.2) is 0 Å². The second-order valence-electron chi connectivity index (χ2n) is 7.80. The summed E-state index contributed by atoms with van der Waals surface area (Å²) in [5.41, 5.74) is 2.91. The standard InChI is InChI=1S/C26H21O4P/c1-26(18-9-3-2-4-10-18,22-16-15-19(27)17-23(22)28)31(29)25-14-8-6-12-21(25)20-11-5-7-13-24(20)30-31/h2-17,27-28H,1H3. The molecule has 0 radical (unpaired) electrons. The van der Waals surface area contributed by atoms with Gasteiger partial charge in [0.25, 0.3) is 7.37 Å². The van der Waals surface area contributed by atoms with Crippen molar-refractivity contribution in [1.29, 1.82) is 0 Å². The lowest BCUT2D eigenvalue weighted by atomic mass is 9.91. The predicted molar refractivity (Wildman–Crippen MR) is 122 cm³/mol. The van der Waals surface area contributed by atoms with E-state index in [1.165, 1.54) is 12.1 Å². The molecule has 154 valence electrons. The van der Waals surface area contributed by atoms with Crippen LogP contribution in [0.1, 0.15) is 18.1 Å². The molecule has 4 aromatic rings. The molecular weight excluding hydrogens is 407 g/mol. The molecule has 2 unspecified atom stereocenters. The van der Waals surface area contributed by atoms with E-state index in [4.69, 9.17) is 4.52 Å². The lowest BCUT2D eigenvalue weighted by Crippen LogP contribution is -2.34. The van der Waals surface area contributed by atoms with Gasteiger partial charge >= 0.3 is 0 Å². The van der Waals surface area contributed by atoms with E-state index in [-0.39, 0.29) is 11.5 Å². The van der Waals surface area contributed by atoms with Gasteiger partial charge in [-0.25, -0.2) is 0 Å². The molecule has 31 heavy (non-hydrogen) atoms. The van der Waals surface area contributed by atoms with E-state index in [0.29, 0.717) is 16.6 Å². The fraction of sp³-hybridized carbons (Fsp3) is 0.0769. The van der Waals surface area contributed by atoms with Gasteiger partial charge in [0.05, 0.1) is 5.30 Å². The second-order valence-corrected chi connectivity index (χ2v) is 10.5. The number of benzene rings is 4. The van der Waals surface area contributed by atoms with E-state index in [1.807, 2.05) is 85.8 Å².